The van der Waals surface area contributed by atoms with Gasteiger partial charge in [-0.2, -0.15) is 0 Å². The monoisotopic (exact) mass is 365 g/mol. The van der Waals surface area contributed by atoms with Gasteiger partial charge in [-0.15, -0.1) is 0 Å². The Kier molecular flexibility index (Phi) is 6.18. The van der Waals surface area contributed by atoms with Crippen LogP contribution in [-0.4, -0.2) is 24.5 Å². The average molecular weight is 365 g/mol. The van der Waals surface area contributed by atoms with Crippen LogP contribution in [0.25, 0.3) is 0 Å². The van der Waals surface area contributed by atoms with E-state index in [0.717, 1.165) is 12.1 Å². The zero-order valence-electron chi connectivity index (χ0n) is 14.1. The Morgan fingerprint density at radius 2 is 1.96 bits per heavy atom. The van der Waals surface area contributed by atoms with Crippen molar-refractivity contribution < 1.29 is 23.2 Å². The number of rotatable bonds is 7. The van der Waals surface area contributed by atoms with Crippen LogP contribution in [0.5, 0.6) is 5.75 Å². The Labute approximate surface area is 148 Å². The molecule has 9 heteroatoms. The lowest BCUT2D eigenvalue weighted by atomic mass is 10.1. The molecule has 0 aromatic heterocycles. The summed E-state index contributed by atoms with van der Waals surface area (Å²) in [4.78, 5) is 22.5. The Morgan fingerprint density at radius 3 is 2.58 bits per heavy atom. The molecule has 2 N–H and O–H groups in total. The summed E-state index contributed by atoms with van der Waals surface area (Å²) in [7, 11) is 1.38. The van der Waals surface area contributed by atoms with Gasteiger partial charge in [0.1, 0.15) is 11.4 Å². The Morgan fingerprint density at radius 1 is 1.23 bits per heavy atom. The van der Waals surface area contributed by atoms with Crippen LogP contribution in [0, 0.1) is 21.7 Å². The number of hydrogen-bond donors (Lipinski definition) is 2. The van der Waals surface area contributed by atoms with Gasteiger partial charge < -0.3 is 15.4 Å². The summed E-state index contributed by atoms with van der Waals surface area (Å²) in [5, 5.41) is 16.4. The van der Waals surface area contributed by atoms with Gasteiger partial charge in [-0.05, 0) is 36.8 Å². The number of anilines is 1. The molecular weight excluding hydrogens is 348 g/mol. The number of methoxy groups -OCH3 is 1. The van der Waals surface area contributed by atoms with Gasteiger partial charge in [-0.25, -0.2) is 8.78 Å². The van der Waals surface area contributed by atoms with Crippen LogP contribution in [0.2, 0.25) is 0 Å². The van der Waals surface area contributed by atoms with Gasteiger partial charge in [0.05, 0.1) is 24.6 Å². The highest BCUT2D eigenvalue weighted by atomic mass is 19.2. The summed E-state index contributed by atoms with van der Waals surface area (Å²) in [5.41, 5.74) is 0.196. The summed E-state index contributed by atoms with van der Waals surface area (Å²) in [6.07, 6.45) is 0. The highest BCUT2D eigenvalue weighted by Gasteiger charge is 2.18. The minimum absolute atomic E-state index is 0.0306. The van der Waals surface area contributed by atoms with Crippen LogP contribution in [0.15, 0.2) is 36.4 Å². The molecular formula is C17H17F2N3O4. The first-order chi connectivity index (χ1) is 12.3. The highest BCUT2D eigenvalue weighted by Crippen LogP contribution is 2.28. The lowest BCUT2D eigenvalue weighted by molar-refractivity contribution is -0.384. The minimum atomic E-state index is -0.977. The largest absolute Gasteiger partial charge is 0.496 e. The molecule has 0 aliphatic heterocycles. The summed E-state index contributed by atoms with van der Waals surface area (Å²) in [6.45, 7) is 1.50. The molecule has 0 spiro atoms. The zero-order valence-corrected chi connectivity index (χ0v) is 14.1. The van der Waals surface area contributed by atoms with Crippen LogP contribution in [0.1, 0.15) is 18.5 Å². The minimum Gasteiger partial charge on any atom is -0.496 e. The number of nitro benzene ring substituents is 1. The van der Waals surface area contributed by atoms with Gasteiger partial charge in [0.2, 0.25) is 5.91 Å². The van der Waals surface area contributed by atoms with Gasteiger partial charge in [0, 0.05) is 6.04 Å². The predicted molar refractivity (Wildman–Crippen MR) is 91.1 cm³/mol. The molecule has 0 aliphatic carbocycles. The maximum Gasteiger partial charge on any atom is 0.296 e. The molecule has 1 atom stereocenters. The van der Waals surface area contributed by atoms with E-state index in [1.165, 1.54) is 31.4 Å². The fourth-order valence-electron chi connectivity index (χ4n) is 2.23. The van der Waals surface area contributed by atoms with Crippen molar-refractivity contribution in [3.8, 4) is 5.75 Å². The Bertz CT molecular complexity index is 830. The summed E-state index contributed by atoms with van der Waals surface area (Å²) in [5.74, 6) is -2.16. The van der Waals surface area contributed by atoms with Crippen LogP contribution in [0.4, 0.5) is 20.2 Å². The smallest absolute Gasteiger partial charge is 0.296 e. The summed E-state index contributed by atoms with van der Waals surface area (Å²) >= 11 is 0. The molecule has 0 fully saturated rings. The normalized spacial score (nSPS) is 11.7. The van der Waals surface area contributed by atoms with Gasteiger partial charge in [0.15, 0.2) is 11.6 Å². The molecule has 26 heavy (non-hydrogen) atoms. The molecule has 1 amide bonds. The van der Waals surface area contributed by atoms with E-state index >= 15 is 0 Å². The van der Waals surface area contributed by atoms with E-state index in [9.17, 15) is 23.7 Å². The molecule has 138 valence electrons. The van der Waals surface area contributed by atoms with E-state index in [0.29, 0.717) is 11.3 Å². The first-order valence-electron chi connectivity index (χ1n) is 7.62. The van der Waals surface area contributed by atoms with Crippen molar-refractivity contribution in [2.24, 2.45) is 0 Å². The fraction of sp³-hybridized carbons (Fsp3) is 0.235. The van der Waals surface area contributed by atoms with Crippen molar-refractivity contribution in [3.63, 3.8) is 0 Å². The second kappa shape index (κ2) is 8.34. The molecule has 0 saturated carbocycles. The quantitative estimate of drug-likeness (QED) is 0.581. The number of nitrogens with one attached hydrogen (secondary N) is 2. The van der Waals surface area contributed by atoms with E-state index in [1.807, 2.05) is 0 Å². The number of nitrogens with zero attached hydrogens (tertiary/aromatic N) is 1. The third-order valence-corrected chi connectivity index (χ3v) is 3.69. The molecule has 0 saturated heterocycles. The van der Waals surface area contributed by atoms with Gasteiger partial charge in [-0.3, -0.25) is 14.9 Å². The number of benzene rings is 2. The molecule has 7 nitrogen and oxygen atoms in total. The summed E-state index contributed by atoms with van der Waals surface area (Å²) in [6, 6.07) is 7.08. The van der Waals surface area contributed by atoms with Gasteiger partial charge >= 0.3 is 0 Å². The van der Waals surface area contributed by atoms with E-state index in [4.69, 9.17) is 4.74 Å². The van der Waals surface area contributed by atoms with Gasteiger partial charge in [-0.1, -0.05) is 6.07 Å². The number of amides is 1. The first-order valence-corrected chi connectivity index (χ1v) is 7.62. The Hall–Kier alpha value is -3.07. The molecule has 2 rings (SSSR count). The molecule has 0 radical (unpaired) electrons. The maximum absolute atomic E-state index is 13.3. The van der Waals surface area contributed by atoms with E-state index in [-0.39, 0.29) is 17.9 Å². The zero-order chi connectivity index (χ0) is 19.3. The SMILES string of the molecule is COc1ccc(NC(=O)CN[C@H](C)c2ccc(F)c(F)c2)c([N+](=O)[O-])c1. The van der Waals surface area contributed by atoms with E-state index < -0.39 is 28.5 Å². The number of nitro groups is 1. The van der Waals surface area contributed by atoms with E-state index in [2.05, 4.69) is 10.6 Å². The molecule has 0 heterocycles. The summed E-state index contributed by atoms with van der Waals surface area (Å²) < 4.78 is 31.1. The van der Waals surface area contributed by atoms with E-state index in [1.54, 1.807) is 6.92 Å². The van der Waals surface area contributed by atoms with Crippen molar-refractivity contribution in [1.29, 1.82) is 0 Å². The van der Waals surface area contributed by atoms with Crippen molar-refractivity contribution in [2.75, 3.05) is 19.0 Å². The molecule has 0 aliphatic rings. The highest BCUT2D eigenvalue weighted by molar-refractivity contribution is 5.94. The standard InChI is InChI=1S/C17H17F2N3O4/c1-10(11-3-5-13(18)14(19)7-11)20-9-17(23)21-15-6-4-12(26-2)8-16(15)22(24)25/h3-8,10,20H,9H2,1-2H3,(H,21,23)/t10-/m1/s1. The number of hydrogen-bond acceptors (Lipinski definition) is 5. The van der Waals surface area contributed by atoms with Crippen molar-refractivity contribution in [3.05, 3.63) is 63.7 Å². The van der Waals surface area contributed by atoms with Crippen molar-refractivity contribution in [1.82, 2.24) is 5.32 Å². The second-order valence-corrected chi connectivity index (χ2v) is 5.46. The fourth-order valence-corrected chi connectivity index (χ4v) is 2.23. The average Bonchev–Trinajstić information content (AvgIpc) is 2.62. The number of carbonyl (C=O) groups excluding carboxylic acids is 1. The number of halogens is 2. The molecule has 2 aromatic rings. The van der Waals surface area contributed by atoms with Crippen LogP contribution >= 0.6 is 0 Å². The predicted octanol–water partition coefficient (Wildman–Crippen LogP) is 3.17. The van der Waals surface area contributed by atoms with Gasteiger partial charge in [0.25, 0.3) is 5.69 Å². The Balaban J connectivity index is 2.00. The lowest BCUT2D eigenvalue weighted by Crippen LogP contribution is -2.30. The van der Waals surface area contributed by atoms with Crippen LogP contribution in [0.3, 0.4) is 0 Å². The first kappa shape index (κ1) is 19.3. The molecule has 0 unspecified atom stereocenters. The van der Waals surface area contributed by atoms with Crippen LogP contribution in [-0.2, 0) is 4.79 Å². The third-order valence-electron chi connectivity index (χ3n) is 3.69. The van der Waals surface area contributed by atoms with Crippen LogP contribution < -0.4 is 15.4 Å². The molecule has 2 aromatic carbocycles. The lowest BCUT2D eigenvalue weighted by Gasteiger charge is -2.14. The molecule has 0 bridgehead atoms. The van der Waals surface area contributed by atoms with Crippen molar-refractivity contribution >= 4 is 17.3 Å². The topological polar surface area (TPSA) is 93.5 Å². The number of ether oxygens (including phenoxy) is 1. The van der Waals surface area contributed by atoms with Crippen molar-refractivity contribution in [2.45, 2.75) is 13.0 Å². The second-order valence-electron chi connectivity index (χ2n) is 5.46. The third kappa shape index (κ3) is 4.73. The maximum atomic E-state index is 13.3. The number of carbonyl (C=O) groups is 1.